The maximum Gasteiger partial charge on any atom is 0.170 e. The minimum absolute atomic E-state index is 0.0669. The highest BCUT2D eigenvalue weighted by atomic mass is 16.5. The molecule has 130 valence electrons. The molecule has 0 aliphatic carbocycles. The zero-order valence-electron chi connectivity index (χ0n) is 14.5. The van der Waals surface area contributed by atoms with Gasteiger partial charge in [-0.05, 0) is 36.8 Å². The monoisotopic (exact) mass is 346 g/mol. The summed E-state index contributed by atoms with van der Waals surface area (Å²) in [6.07, 6.45) is 5.02. The zero-order chi connectivity index (χ0) is 17.9. The Morgan fingerprint density at radius 1 is 1.04 bits per heavy atom. The van der Waals surface area contributed by atoms with E-state index in [9.17, 15) is 0 Å². The van der Waals surface area contributed by atoms with Crippen molar-refractivity contribution in [3.63, 3.8) is 0 Å². The Bertz CT molecular complexity index is 1010. The van der Waals surface area contributed by atoms with Gasteiger partial charge in [0.15, 0.2) is 11.5 Å². The van der Waals surface area contributed by atoms with Crippen molar-refractivity contribution >= 4 is 16.9 Å². The highest BCUT2D eigenvalue weighted by Crippen LogP contribution is 2.25. The molecule has 0 saturated heterocycles. The van der Waals surface area contributed by atoms with Gasteiger partial charge in [-0.2, -0.15) is 9.78 Å². The van der Waals surface area contributed by atoms with Gasteiger partial charge in [0.25, 0.3) is 0 Å². The summed E-state index contributed by atoms with van der Waals surface area (Å²) < 4.78 is 6.92. The Labute approximate surface area is 150 Å². The molecule has 3 heterocycles. The van der Waals surface area contributed by atoms with Gasteiger partial charge < -0.3 is 10.1 Å². The van der Waals surface area contributed by atoms with E-state index in [4.69, 9.17) is 4.74 Å². The number of pyridine rings is 1. The summed E-state index contributed by atoms with van der Waals surface area (Å²) in [5.41, 5.74) is 1.85. The van der Waals surface area contributed by atoms with Crippen molar-refractivity contribution in [2.75, 3.05) is 12.4 Å². The van der Waals surface area contributed by atoms with Crippen LogP contribution in [0.2, 0.25) is 0 Å². The molecule has 0 aliphatic rings. The van der Waals surface area contributed by atoms with Crippen molar-refractivity contribution in [3.05, 3.63) is 66.7 Å². The van der Waals surface area contributed by atoms with Crippen LogP contribution >= 0.6 is 0 Å². The molecule has 0 spiro atoms. The molecule has 7 nitrogen and oxygen atoms in total. The van der Waals surface area contributed by atoms with Crippen LogP contribution in [0.25, 0.3) is 16.9 Å². The van der Waals surface area contributed by atoms with Crippen LogP contribution in [0.15, 0.2) is 61.2 Å². The Morgan fingerprint density at radius 3 is 2.62 bits per heavy atom. The molecule has 26 heavy (non-hydrogen) atoms. The second-order valence-corrected chi connectivity index (χ2v) is 5.84. The summed E-state index contributed by atoms with van der Waals surface area (Å²) in [5, 5.41) is 8.71. The number of fused-ring (bicyclic) bond motifs is 1. The van der Waals surface area contributed by atoms with E-state index in [1.807, 2.05) is 42.5 Å². The van der Waals surface area contributed by atoms with Crippen molar-refractivity contribution in [3.8, 4) is 11.6 Å². The van der Waals surface area contributed by atoms with Gasteiger partial charge in [-0.15, -0.1) is 0 Å². The highest BCUT2D eigenvalue weighted by Gasteiger charge is 2.14. The van der Waals surface area contributed by atoms with E-state index in [0.29, 0.717) is 5.65 Å². The van der Waals surface area contributed by atoms with Crippen LogP contribution in [0, 0.1) is 0 Å². The number of benzene rings is 1. The summed E-state index contributed by atoms with van der Waals surface area (Å²) in [7, 11) is 1.66. The fourth-order valence-electron chi connectivity index (χ4n) is 2.79. The van der Waals surface area contributed by atoms with Crippen molar-refractivity contribution in [2.45, 2.75) is 13.0 Å². The maximum atomic E-state index is 5.21. The van der Waals surface area contributed by atoms with E-state index in [1.54, 1.807) is 24.2 Å². The van der Waals surface area contributed by atoms with Crippen LogP contribution in [0.5, 0.6) is 5.75 Å². The number of nitrogens with zero attached hydrogens (tertiary/aromatic N) is 5. The lowest BCUT2D eigenvalue weighted by Gasteiger charge is -2.15. The molecule has 3 aromatic heterocycles. The van der Waals surface area contributed by atoms with E-state index < -0.39 is 0 Å². The third kappa shape index (κ3) is 2.95. The van der Waals surface area contributed by atoms with E-state index in [0.717, 1.165) is 28.3 Å². The van der Waals surface area contributed by atoms with Gasteiger partial charge in [0.05, 0.1) is 18.7 Å². The average Bonchev–Trinajstić information content (AvgIpc) is 3.14. The van der Waals surface area contributed by atoms with Gasteiger partial charge >= 0.3 is 0 Å². The first-order valence-electron chi connectivity index (χ1n) is 8.27. The largest absolute Gasteiger partial charge is 0.497 e. The summed E-state index contributed by atoms with van der Waals surface area (Å²) >= 11 is 0. The van der Waals surface area contributed by atoms with Gasteiger partial charge in [-0.25, -0.2) is 15.0 Å². The third-order valence-corrected chi connectivity index (χ3v) is 4.20. The standard InChI is InChI=1S/C19H18N6O/c1-13(14-6-8-15(26-2)9-7-14)24-18-16-11-23-25(19(16)22-12-21-18)17-5-3-4-10-20-17/h3-13H,1-2H3,(H,21,22,24)/t13-/m1/s1. The number of aromatic nitrogens is 5. The van der Waals surface area contributed by atoms with Crippen LogP contribution in [0.3, 0.4) is 0 Å². The summed E-state index contributed by atoms with van der Waals surface area (Å²) in [6, 6.07) is 13.7. The predicted molar refractivity (Wildman–Crippen MR) is 99.5 cm³/mol. The smallest absolute Gasteiger partial charge is 0.170 e. The molecule has 7 heteroatoms. The minimum atomic E-state index is 0.0669. The van der Waals surface area contributed by atoms with E-state index in [1.165, 1.54) is 6.33 Å². The second-order valence-electron chi connectivity index (χ2n) is 5.84. The molecule has 1 aromatic carbocycles. The Hall–Kier alpha value is -3.48. The van der Waals surface area contributed by atoms with Crippen molar-refractivity contribution < 1.29 is 4.74 Å². The fourth-order valence-corrected chi connectivity index (χ4v) is 2.79. The van der Waals surface area contributed by atoms with Crippen molar-refractivity contribution in [1.29, 1.82) is 0 Å². The third-order valence-electron chi connectivity index (χ3n) is 4.20. The van der Waals surface area contributed by atoms with Gasteiger partial charge in [0.1, 0.15) is 17.9 Å². The number of hydrogen-bond acceptors (Lipinski definition) is 6. The summed E-state index contributed by atoms with van der Waals surface area (Å²) in [5.74, 6) is 2.29. The van der Waals surface area contributed by atoms with Crippen molar-refractivity contribution in [1.82, 2.24) is 24.7 Å². The first kappa shape index (κ1) is 16.0. The van der Waals surface area contributed by atoms with E-state index >= 15 is 0 Å². The predicted octanol–water partition coefficient (Wildman–Crippen LogP) is 3.39. The molecule has 4 rings (SSSR count). The molecule has 0 unspecified atom stereocenters. The first-order valence-corrected chi connectivity index (χ1v) is 8.27. The lowest BCUT2D eigenvalue weighted by Crippen LogP contribution is -2.08. The lowest BCUT2D eigenvalue weighted by atomic mass is 10.1. The molecule has 0 fully saturated rings. The molecular formula is C19H18N6O. The SMILES string of the molecule is COc1ccc([C@@H](C)Nc2ncnc3c2cnn3-c2ccccn2)cc1. The molecule has 1 atom stereocenters. The van der Waals surface area contributed by atoms with Crippen LogP contribution in [0.1, 0.15) is 18.5 Å². The van der Waals surface area contributed by atoms with E-state index in [-0.39, 0.29) is 6.04 Å². The number of rotatable bonds is 5. The molecular weight excluding hydrogens is 328 g/mol. The summed E-state index contributed by atoms with van der Waals surface area (Å²) in [6.45, 7) is 2.08. The molecule has 4 aromatic rings. The average molecular weight is 346 g/mol. The molecule has 0 aliphatic heterocycles. The van der Waals surface area contributed by atoms with Gasteiger partial charge in [-0.3, -0.25) is 0 Å². The quantitative estimate of drug-likeness (QED) is 0.597. The van der Waals surface area contributed by atoms with E-state index in [2.05, 4.69) is 32.3 Å². The normalized spacial score (nSPS) is 12.1. The molecule has 0 amide bonds. The molecule has 0 saturated carbocycles. The van der Waals surface area contributed by atoms with Gasteiger partial charge in [0, 0.05) is 12.2 Å². The molecule has 0 bridgehead atoms. The number of ether oxygens (including phenoxy) is 1. The van der Waals surface area contributed by atoms with Crippen LogP contribution in [0.4, 0.5) is 5.82 Å². The number of anilines is 1. The molecule has 1 N–H and O–H groups in total. The van der Waals surface area contributed by atoms with Gasteiger partial charge in [-0.1, -0.05) is 18.2 Å². The number of nitrogens with one attached hydrogen (secondary N) is 1. The molecule has 0 radical (unpaired) electrons. The summed E-state index contributed by atoms with van der Waals surface area (Å²) in [4.78, 5) is 13.1. The lowest BCUT2D eigenvalue weighted by molar-refractivity contribution is 0.414. The fraction of sp³-hybridized carbons (Fsp3) is 0.158. The van der Waals surface area contributed by atoms with Crippen LogP contribution in [-0.2, 0) is 0 Å². The number of hydrogen-bond donors (Lipinski definition) is 1. The zero-order valence-corrected chi connectivity index (χ0v) is 14.5. The van der Waals surface area contributed by atoms with Crippen LogP contribution in [-0.4, -0.2) is 31.8 Å². The Kier molecular flexibility index (Phi) is 4.18. The minimum Gasteiger partial charge on any atom is -0.497 e. The van der Waals surface area contributed by atoms with Gasteiger partial charge in [0.2, 0.25) is 0 Å². The maximum absolute atomic E-state index is 5.21. The highest BCUT2D eigenvalue weighted by molar-refractivity contribution is 5.87. The van der Waals surface area contributed by atoms with Crippen LogP contribution < -0.4 is 10.1 Å². The topological polar surface area (TPSA) is 77.8 Å². The Morgan fingerprint density at radius 2 is 1.88 bits per heavy atom. The number of methoxy groups -OCH3 is 1. The second kappa shape index (κ2) is 6.79. The Balaban J connectivity index is 1.65. The van der Waals surface area contributed by atoms with Crippen molar-refractivity contribution in [2.24, 2.45) is 0 Å². The first-order chi connectivity index (χ1) is 12.8.